The Morgan fingerprint density at radius 3 is 2.95 bits per heavy atom. The Balaban J connectivity index is 2.09. The van der Waals surface area contributed by atoms with Crippen molar-refractivity contribution in [2.75, 3.05) is 19.6 Å². The number of carbonyl (C=O) groups is 1. The van der Waals surface area contributed by atoms with Gasteiger partial charge in [0.15, 0.2) is 0 Å². The molecule has 0 bridgehead atoms. The predicted molar refractivity (Wildman–Crippen MR) is 73.1 cm³/mol. The van der Waals surface area contributed by atoms with Crippen LogP contribution in [0.2, 0.25) is 0 Å². The zero-order chi connectivity index (χ0) is 13.5. The van der Waals surface area contributed by atoms with E-state index < -0.39 is 0 Å². The number of hydrogen-bond donors (Lipinski definition) is 2. The van der Waals surface area contributed by atoms with E-state index in [1.807, 2.05) is 5.01 Å². The Morgan fingerprint density at radius 1 is 1.42 bits per heavy atom. The van der Waals surface area contributed by atoms with E-state index in [1.54, 1.807) is 18.5 Å². The molecule has 100 valence electrons. The highest BCUT2D eigenvalue weighted by atomic mass is 16.2. The summed E-state index contributed by atoms with van der Waals surface area (Å²) in [5.41, 5.74) is 9.43. The topological polar surface area (TPSA) is 71.2 Å². The fraction of sp³-hybridized carbons (Fsp3) is 0.429. The van der Waals surface area contributed by atoms with Crippen LogP contribution in [-0.2, 0) is 0 Å². The molecule has 3 N–H and O–H groups in total. The van der Waals surface area contributed by atoms with Crippen molar-refractivity contribution >= 4 is 5.91 Å². The normalized spacial score (nSPS) is 15.4. The van der Waals surface area contributed by atoms with Crippen LogP contribution in [0, 0.1) is 11.8 Å². The molecule has 1 saturated heterocycles. The number of aromatic nitrogens is 1. The third-order valence-electron chi connectivity index (χ3n) is 3.01. The van der Waals surface area contributed by atoms with Crippen LogP contribution >= 0.6 is 0 Å². The number of carbonyl (C=O) groups excluding carboxylic acids is 1. The Kier molecular flexibility index (Phi) is 4.90. The van der Waals surface area contributed by atoms with Crippen LogP contribution in [0.15, 0.2) is 18.5 Å². The fourth-order valence-electron chi connectivity index (χ4n) is 2.05. The molecule has 19 heavy (non-hydrogen) atoms. The lowest BCUT2D eigenvalue weighted by Gasteiger charge is -2.26. The number of nitrogens with one attached hydrogen (secondary N) is 1. The summed E-state index contributed by atoms with van der Waals surface area (Å²) in [5.74, 6) is 5.49. The summed E-state index contributed by atoms with van der Waals surface area (Å²) >= 11 is 0. The summed E-state index contributed by atoms with van der Waals surface area (Å²) < 4.78 is 0. The van der Waals surface area contributed by atoms with E-state index in [4.69, 9.17) is 5.73 Å². The molecule has 0 radical (unpaired) electrons. The maximum atomic E-state index is 12.2. The Morgan fingerprint density at radius 2 is 2.21 bits per heavy atom. The minimum Gasteiger partial charge on any atom is -0.320 e. The van der Waals surface area contributed by atoms with Gasteiger partial charge in [-0.1, -0.05) is 18.3 Å². The lowest BCUT2D eigenvalue weighted by atomic mass is 10.1. The summed E-state index contributed by atoms with van der Waals surface area (Å²) in [4.78, 5) is 16.2. The molecule has 5 nitrogen and oxygen atoms in total. The number of piperidine rings is 1. The van der Waals surface area contributed by atoms with E-state index >= 15 is 0 Å². The average Bonchev–Trinajstić information content (AvgIpc) is 2.46. The molecule has 1 amide bonds. The standard InChI is InChI=1S/C14H18N4O/c15-7-4-5-12-11-16-8-6-13(12)14(19)17-18-9-2-1-3-10-18/h6,8,11H,1-3,7,9-10,15H2,(H,17,19). The first kappa shape index (κ1) is 13.5. The van der Waals surface area contributed by atoms with Crippen LogP contribution in [0.4, 0.5) is 0 Å². The minimum atomic E-state index is -0.134. The van der Waals surface area contributed by atoms with E-state index in [-0.39, 0.29) is 12.5 Å². The lowest BCUT2D eigenvalue weighted by Crippen LogP contribution is -2.45. The molecule has 2 rings (SSSR count). The van der Waals surface area contributed by atoms with Gasteiger partial charge in [0.05, 0.1) is 17.7 Å². The Hall–Kier alpha value is -1.90. The van der Waals surface area contributed by atoms with Gasteiger partial charge < -0.3 is 5.73 Å². The highest BCUT2D eigenvalue weighted by Gasteiger charge is 2.15. The Bertz CT molecular complexity index is 498. The monoisotopic (exact) mass is 258 g/mol. The number of hydrazine groups is 1. The van der Waals surface area contributed by atoms with Gasteiger partial charge in [-0.2, -0.15) is 0 Å². The second-order valence-corrected chi connectivity index (χ2v) is 4.42. The van der Waals surface area contributed by atoms with Gasteiger partial charge >= 0.3 is 0 Å². The SMILES string of the molecule is NCC#Cc1cnccc1C(=O)NN1CCCCC1. The first-order chi connectivity index (χ1) is 9.31. The minimum absolute atomic E-state index is 0.134. The maximum Gasteiger partial charge on any atom is 0.266 e. The molecular formula is C14H18N4O. The summed E-state index contributed by atoms with van der Waals surface area (Å²) in [7, 11) is 0. The lowest BCUT2D eigenvalue weighted by molar-refractivity contribution is 0.0749. The third kappa shape index (κ3) is 3.78. The van der Waals surface area contributed by atoms with Gasteiger partial charge in [-0.3, -0.25) is 15.2 Å². The van der Waals surface area contributed by atoms with Crippen molar-refractivity contribution in [3.63, 3.8) is 0 Å². The predicted octanol–water partition coefficient (Wildman–Crippen LogP) is 0.522. The van der Waals surface area contributed by atoms with Crippen molar-refractivity contribution in [3.8, 4) is 11.8 Å². The Labute approximate surface area is 113 Å². The molecule has 2 heterocycles. The van der Waals surface area contributed by atoms with Crippen LogP contribution < -0.4 is 11.2 Å². The van der Waals surface area contributed by atoms with Gasteiger partial charge in [-0.15, -0.1) is 0 Å². The van der Waals surface area contributed by atoms with E-state index in [9.17, 15) is 4.79 Å². The molecule has 5 heteroatoms. The van der Waals surface area contributed by atoms with Crippen LogP contribution in [0.25, 0.3) is 0 Å². The molecule has 1 aromatic heterocycles. The molecule has 0 atom stereocenters. The molecule has 0 unspecified atom stereocenters. The molecule has 0 saturated carbocycles. The number of nitrogens with two attached hydrogens (primary N) is 1. The summed E-state index contributed by atoms with van der Waals surface area (Å²) in [5, 5.41) is 1.96. The highest BCUT2D eigenvalue weighted by Crippen LogP contribution is 2.09. The molecule has 0 aromatic carbocycles. The van der Waals surface area contributed by atoms with E-state index in [0.717, 1.165) is 25.9 Å². The molecular weight excluding hydrogens is 240 g/mol. The van der Waals surface area contributed by atoms with Crippen molar-refractivity contribution in [1.82, 2.24) is 15.4 Å². The van der Waals surface area contributed by atoms with Crippen molar-refractivity contribution in [2.45, 2.75) is 19.3 Å². The quantitative estimate of drug-likeness (QED) is 0.759. The largest absolute Gasteiger partial charge is 0.320 e. The van der Waals surface area contributed by atoms with E-state index in [1.165, 1.54) is 6.42 Å². The van der Waals surface area contributed by atoms with Gasteiger partial charge in [0, 0.05) is 25.5 Å². The summed E-state index contributed by atoms with van der Waals surface area (Å²) in [6, 6.07) is 1.68. The van der Waals surface area contributed by atoms with Crippen LogP contribution in [0.5, 0.6) is 0 Å². The average molecular weight is 258 g/mol. The van der Waals surface area contributed by atoms with Crippen molar-refractivity contribution in [1.29, 1.82) is 0 Å². The van der Waals surface area contributed by atoms with Crippen molar-refractivity contribution < 1.29 is 4.79 Å². The molecule has 1 fully saturated rings. The number of rotatable bonds is 2. The van der Waals surface area contributed by atoms with Gasteiger partial charge in [0.2, 0.25) is 0 Å². The van der Waals surface area contributed by atoms with Crippen LogP contribution in [0.1, 0.15) is 35.2 Å². The first-order valence-corrected chi connectivity index (χ1v) is 6.50. The number of amides is 1. The molecule has 1 aromatic rings. The summed E-state index contributed by atoms with van der Waals surface area (Å²) in [6.07, 6.45) is 6.66. The van der Waals surface area contributed by atoms with Crippen LogP contribution in [0.3, 0.4) is 0 Å². The third-order valence-corrected chi connectivity index (χ3v) is 3.01. The highest BCUT2D eigenvalue weighted by molar-refractivity contribution is 5.96. The van der Waals surface area contributed by atoms with Crippen molar-refractivity contribution in [3.05, 3.63) is 29.6 Å². The smallest absolute Gasteiger partial charge is 0.266 e. The number of hydrogen-bond acceptors (Lipinski definition) is 4. The first-order valence-electron chi connectivity index (χ1n) is 6.50. The second kappa shape index (κ2) is 6.88. The molecule has 0 aliphatic carbocycles. The molecule has 1 aliphatic rings. The fourth-order valence-corrected chi connectivity index (χ4v) is 2.05. The zero-order valence-corrected chi connectivity index (χ0v) is 10.9. The number of nitrogens with zero attached hydrogens (tertiary/aromatic N) is 2. The van der Waals surface area contributed by atoms with Crippen molar-refractivity contribution in [2.24, 2.45) is 5.73 Å². The van der Waals surface area contributed by atoms with Crippen LogP contribution in [-0.4, -0.2) is 35.5 Å². The van der Waals surface area contributed by atoms with E-state index in [2.05, 4.69) is 22.3 Å². The maximum absolute atomic E-state index is 12.2. The van der Waals surface area contributed by atoms with Gasteiger partial charge in [0.1, 0.15) is 0 Å². The van der Waals surface area contributed by atoms with Gasteiger partial charge in [-0.25, -0.2) is 5.01 Å². The zero-order valence-electron chi connectivity index (χ0n) is 10.9. The van der Waals surface area contributed by atoms with Gasteiger partial charge in [0.25, 0.3) is 5.91 Å². The van der Waals surface area contributed by atoms with E-state index in [0.29, 0.717) is 11.1 Å². The summed E-state index contributed by atoms with van der Waals surface area (Å²) in [6.45, 7) is 2.07. The molecule has 0 spiro atoms. The van der Waals surface area contributed by atoms with Gasteiger partial charge in [-0.05, 0) is 18.9 Å². The molecule has 1 aliphatic heterocycles. The number of pyridine rings is 1. The second-order valence-electron chi connectivity index (χ2n) is 4.42.